The SMILES string of the molecule is C=C=C(NC)C(NCCCN(CCCCCCCC=O)CCCCCCCC=O)C(=O)NC.CCCCCCCCC(CC)OC.CCCCCCCCC(CCCCCCCC)OC. The first kappa shape index (κ1) is 67.2. The molecule has 0 aliphatic rings. The Labute approximate surface area is 405 Å². The van der Waals surface area contributed by atoms with Crippen LogP contribution in [0.2, 0.25) is 0 Å². The minimum absolute atomic E-state index is 0.100. The number of unbranched alkanes of at least 4 members (excludes halogenated alkanes) is 25. The lowest BCUT2D eigenvalue weighted by Crippen LogP contribution is -2.47. The molecule has 0 heterocycles. The first-order valence-electron chi connectivity index (χ1n) is 27.5. The highest BCUT2D eigenvalue weighted by Gasteiger charge is 2.20. The highest BCUT2D eigenvalue weighted by atomic mass is 16.5. The van der Waals surface area contributed by atoms with Gasteiger partial charge in [0.2, 0.25) is 5.91 Å². The third-order valence-corrected chi connectivity index (χ3v) is 12.6. The number of likely N-dealkylation sites (N-methyl/N-ethyl adjacent to an activating group) is 2. The molecule has 3 N–H and O–H groups in total. The number of carbonyl (C=O) groups excluding carboxylic acids is 3. The van der Waals surface area contributed by atoms with Crippen LogP contribution in [0.5, 0.6) is 0 Å². The third-order valence-electron chi connectivity index (χ3n) is 12.6. The number of rotatable bonds is 48. The van der Waals surface area contributed by atoms with Crippen LogP contribution in [-0.4, -0.2) is 96.1 Å². The summed E-state index contributed by atoms with van der Waals surface area (Å²) in [5, 5.41) is 9.00. The molecule has 0 saturated carbocycles. The molecule has 0 aliphatic heterocycles. The van der Waals surface area contributed by atoms with Crippen molar-refractivity contribution >= 4 is 18.5 Å². The molecule has 0 radical (unpaired) electrons. The molecule has 2 unspecified atom stereocenters. The molecule has 1 amide bonds. The number of amides is 1. The van der Waals surface area contributed by atoms with E-state index in [0.717, 1.165) is 77.3 Å². The fourth-order valence-corrected chi connectivity index (χ4v) is 8.20. The van der Waals surface area contributed by atoms with E-state index >= 15 is 0 Å². The monoisotopic (exact) mass is 921 g/mol. The molecule has 9 heteroatoms. The highest BCUT2D eigenvalue weighted by Crippen LogP contribution is 2.17. The molecular formula is C56H112N4O5. The lowest BCUT2D eigenvalue weighted by molar-refractivity contribution is -0.121. The first-order valence-corrected chi connectivity index (χ1v) is 27.5. The second-order valence-electron chi connectivity index (χ2n) is 18.3. The molecule has 0 aromatic heterocycles. The van der Waals surface area contributed by atoms with Crippen molar-refractivity contribution in [2.45, 2.75) is 271 Å². The van der Waals surface area contributed by atoms with E-state index in [1.54, 1.807) is 14.1 Å². The van der Waals surface area contributed by atoms with Crippen molar-refractivity contribution in [3.63, 3.8) is 0 Å². The Morgan fingerprint density at radius 1 is 0.523 bits per heavy atom. The quantitative estimate of drug-likeness (QED) is 0.0315. The van der Waals surface area contributed by atoms with Crippen LogP contribution in [-0.2, 0) is 23.9 Å². The van der Waals surface area contributed by atoms with E-state index in [9.17, 15) is 14.4 Å². The van der Waals surface area contributed by atoms with Crippen LogP contribution in [0.3, 0.4) is 0 Å². The summed E-state index contributed by atoms with van der Waals surface area (Å²) in [4.78, 5) is 35.6. The fourth-order valence-electron chi connectivity index (χ4n) is 8.20. The number of ether oxygens (including phenoxy) is 2. The summed E-state index contributed by atoms with van der Waals surface area (Å²) in [5.41, 5.74) is 3.45. The molecular weight excluding hydrogens is 809 g/mol. The summed E-state index contributed by atoms with van der Waals surface area (Å²) in [6.45, 7) is 16.6. The molecule has 0 aliphatic carbocycles. The van der Waals surface area contributed by atoms with Crippen molar-refractivity contribution in [1.82, 2.24) is 20.9 Å². The van der Waals surface area contributed by atoms with E-state index in [1.165, 1.54) is 173 Å². The molecule has 0 aromatic carbocycles. The Morgan fingerprint density at radius 2 is 0.892 bits per heavy atom. The zero-order valence-corrected chi connectivity index (χ0v) is 44.7. The van der Waals surface area contributed by atoms with Crippen LogP contribution in [0.25, 0.3) is 0 Å². The molecule has 9 nitrogen and oxygen atoms in total. The number of hydrogen-bond donors (Lipinski definition) is 3. The molecule has 0 aromatic rings. The van der Waals surface area contributed by atoms with Crippen LogP contribution in [0, 0.1) is 0 Å². The van der Waals surface area contributed by atoms with Gasteiger partial charge in [-0.05, 0) is 84.0 Å². The Bertz CT molecular complexity index is 981. The Morgan fingerprint density at radius 3 is 1.25 bits per heavy atom. The fraction of sp³-hybridized carbons (Fsp3) is 0.893. The zero-order valence-electron chi connectivity index (χ0n) is 44.7. The highest BCUT2D eigenvalue weighted by molar-refractivity contribution is 5.84. The van der Waals surface area contributed by atoms with Crippen molar-refractivity contribution in [1.29, 1.82) is 0 Å². The minimum Gasteiger partial charge on any atom is -0.383 e. The van der Waals surface area contributed by atoms with Gasteiger partial charge >= 0.3 is 0 Å². The molecule has 386 valence electrons. The summed E-state index contributed by atoms with van der Waals surface area (Å²) in [6.07, 6.45) is 46.7. The predicted molar refractivity (Wildman–Crippen MR) is 282 cm³/mol. The van der Waals surface area contributed by atoms with Crippen LogP contribution in [0.1, 0.15) is 252 Å². The molecule has 0 rings (SSSR count). The van der Waals surface area contributed by atoms with Crippen molar-refractivity contribution < 1.29 is 23.9 Å². The summed E-state index contributed by atoms with van der Waals surface area (Å²) < 4.78 is 10.9. The van der Waals surface area contributed by atoms with E-state index in [-0.39, 0.29) is 5.91 Å². The number of methoxy groups -OCH3 is 2. The number of hydrogen-bond acceptors (Lipinski definition) is 8. The summed E-state index contributed by atoms with van der Waals surface area (Å²) in [6, 6.07) is -0.469. The lowest BCUT2D eigenvalue weighted by Gasteiger charge is -2.24. The number of nitrogens with zero attached hydrogens (tertiary/aromatic N) is 1. The Kier molecular flexibility index (Phi) is 60.1. The van der Waals surface area contributed by atoms with Crippen LogP contribution in [0.4, 0.5) is 0 Å². The average molecular weight is 922 g/mol. The maximum atomic E-state index is 12.2. The van der Waals surface area contributed by atoms with E-state index in [0.29, 0.717) is 30.7 Å². The van der Waals surface area contributed by atoms with Crippen molar-refractivity contribution in [3.8, 4) is 0 Å². The summed E-state index contributed by atoms with van der Waals surface area (Å²) >= 11 is 0. The molecule has 2 atom stereocenters. The Balaban J connectivity index is -0.00000101. The lowest BCUT2D eigenvalue weighted by atomic mass is 10.0. The van der Waals surface area contributed by atoms with Gasteiger partial charge in [-0.3, -0.25) is 4.79 Å². The van der Waals surface area contributed by atoms with Gasteiger partial charge < -0.3 is 39.9 Å². The van der Waals surface area contributed by atoms with Gasteiger partial charge in [0.15, 0.2) is 0 Å². The topological polar surface area (TPSA) is 109 Å². The number of aldehydes is 2. The summed E-state index contributed by atoms with van der Waals surface area (Å²) in [7, 11) is 7.11. The molecule has 0 bridgehead atoms. The van der Waals surface area contributed by atoms with E-state index < -0.39 is 6.04 Å². The minimum atomic E-state index is -0.469. The van der Waals surface area contributed by atoms with Crippen molar-refractivity contribution in [2.24, 2.45) is 0 Å². The van der Waals surface area contributed by atoms with E-state index in [4.69, 9.17) is 9.47 Å². The van der Waals surface area contributed by atoms with Gasteiger partial charge in [-0.1, -0.05) is 188 Å². The Hall–Kier alpha value is -2.03. The number of nitrogens with one attached hydrogen (secondary N) is 3. The van der Waals surface area contributed by atoms with Crippen LogP contribution >= 0.6 is 0 Å². The average Bonchev–Trinajstić information content (AvgIpc) is 3.33. The first-order chi connectivity index (χ1) is 31.8. The summed E-state index contributed by atoms with van der Waals surface area (Å²) in [5.74, 6) is -0.100. The predicted octanol–water partition coefficient (Wildman–Crippen LogP) is 14.0. The van der Waals surface area contributed by atoms with Crippen LogP contribution < -0.4 is 16.0 Å². The standard InChI is InChI=1S/C26H48N4O3.C18H38O.C12H26O/c1-4-24(27-2)25(26(33)28-3)29-18-17-21-30(19-13-9-5-7-11-15-22-31)20-14-10-6-8-12-16-23-32;1-4-6-8-10-12-14-16-18(19-3)17-15-13-11-9-7-5-2;1-4-6-7-8-9-10-11-12(5-2)13-3/h22-23,25,27,29H,1,5-21H2,2-3H3,(H,28,33);18H,4-17H2,1-3H3;12H,4-11H2,1-3H3. The van der Waals surface area contributed by atoms with Gasteiger partial charge in [-0.25, -0.2) is 0 Å². The second kappa shape index (κ2) is 58.1. The maximum Gasteiger partial charge on any atom is 0.243 e. The van der Waals surface area contributed by atoms with Crippen LogP contribution in [0.15, 0.2) is 18.0 Å². The van der Waals surface area contributed by atoms with Crippen molar-refractivity contribution in [2.75, 3.05) is 54.5 Å². The van der Waals surface area contributed by atoms with E-state index in [2.05, 4.69) is 60.9 Å². The molecule has 0 fully saturated rings. The van der Waals surface area contributed by atoms with Gasteiger partial charge in [0, 0.05) is 41.2 Å². The maximum absolute atomic E-state index is 12.2. The molecule has 0 spiro atoms. The number of carbonyl (C=O) groups is 3. The van der Waals surface area contributed by atoms with Gasteiger partial charge in [0.05, 0.1) is 17.9 Å². The molecule has 0 saturated heterocycles. The van der Waals surface area contributed by atoms with Gasteiger partial charge in [0.1, 0.15) is 18.6 Å². The van der Waals surface area contributed by atoms with Gasteiger partial charge in [-0.2, -0.15) is 0 Å². The molecule has 65 heavy (non-hydrogen) atoms. The second-order valence-corrected chi connectivity index (χ2v) is 18.3. The van der Waals surface area contributed by atoms with Gasteiger partial charge in [-0.15, -0.1) is 5.73 Å². The van der Waals surface area contributed by atoms with E-state index in [1.807, 2.05) is 14.2 Å². The van der Waals surface area contributed by atoms with Crippen molar-refractivity contribution in [3.05, 3.63) is 18.0 Å². The largest absolute Gasteiger partial charge is 0.383 e. The normalized spacial score (nSPS) is 11.8. The third kappa shape index (κ3) is 49.7. The van der Waals surface area contributed by atoms with Gasteiger partial charge in [0.25, 0.3) is 0 Å². The zero-order chi connectivity index (χ0) is 48.7. The smallest absolute Gasteiger partial charge is 0.243 e.